The number of hydrogen-bond acceptors (Lipinski definition) is 1. The normalized spacial score (nSPS) is 10.8. The Bertz CT molecular complexity index is 308. The molecule has 0 aliphatic rings. The second kappa shape index (κ2) is 4.74. The van der Waals surface area contributed by atoms with Gasteiger partial charge < -0.3 is 0 Å². The van der Waals surface area contributed by atoms with Crippen molar-refractivity contribution in [3.05, 3.63) is 41.5 Å². The molecule has 0 aliphatic heterocycles. The molecule has 1 nitrogen and oxygen atoms in total. The highest BCUT2D eigenvalue weighted by Crippen LogP contribution is 2.07. The Morgan fingerprint density at radius 1 is 1.42 bits per heavy atom. The lowest BCUT2D eigenvalue weighted by Gasteiger charge is -1.92. The maximum atomic E-state index is 8.64. The molecule has 60 valence electrons. The smallest absolute Gasteiger partial charge is 0.0956 e. The molecule has 0 fully saturated rings. The van der Waals surface area contributed by atoms with Gasteiger partial charge in [-0.1, -0.05) is 46.3 Å². The molecule has 0 spiro atoms. The summed E-state index contributed by atoms with van der Waals surface area (Å²) in [5, 5.41) is 9.25. The fourth-order valence-corrected chi connectivity index (χ4v) is 1.14. The summed E-state index contributed by atoms with van der Waals surface area (Å²) >= 11 is 3.24. The number of nitriles is 1. The number of benzene rings is 1. The van der Waals surface area contributed by atoms with E-state index in [1.165, 1.54) is 0 Å². The molecule has 12 heavy (non-hydrogen) atoms. The van der Waals surface area contributed by atoms with Gasteiger partial charge in [0, 0.05) is 10.9 Å². The maximum Gasteiger partial charge on any atom is 0.0956 e. The number of nitrogens with zero attached hydrogens (tertiary/aromatic N) is 1. The summed E-state index contributed by atoms with van der Waals surface area (Å²) in [6, 6.07) is 11.9. The summed E-state index contributed by atoms with van der Waals surface area (Å²) in [5.74, 6) is 0. The van der Waals surface area contributed by atoms with Crippen LogP contribution in [-0.4, -0.2) is 5.33 Å². The van der Waals surface area contributed by atoms with Crippen molar-refractivity contribution >= 4 is 22.0 Å². The first-order chi connectivity index (χ1) is 5.86. The van der Waals surface area contributed by atoms with Gasteiger partial charge >= 0.3 is 0 Å². The molecule has 0 N–H and O–H groups in total. The molecule has 2 heteroatoms. The molecule has 0 aliphatic carbocycles. The highest BCUT2D eigenvalue weighted by atomic mass is 79.9. The van der Waals surface area contributed by atoms with Crippen LogP contribution in [-0.2, 0) is 0 Å². The molecule has 0 atom stereocenters. The van der Waals surface area contributed by atoms with Gasteiger partial charge in [-0.15, -0.1) is 0 Å². The zero-order valence-corrected chi connectivity index (χ0v) is 8.08. The molecule has 0 bridgehead atoms. The number of allylic oxidation sites excluding steroid dienone is 1. The number of alkyl halides is 1. The van der Waals surface area contributed by atoms with Crippen molar-refractivity contribution in [2.24, 2.45) is 0 Å². The Morgan fingerprint density at radius 2 is 2.08 bits per heavy atom. The van der Waals surface area contributed by atoms with Crippen molar-refractivity contribution < 1.29 is 0 Å². The molecule has 0 amide bonds. The number of hydrogen-bond donors (Lipinski definition) is 0. The van der Waals surface area contributed by atoms with Gasteiger partial charge in [0.15, 0.2) is 0 Å². The van der Waals surface area contributed by atoms with Crippen LogP contribution in [0.5, 0.6) is 0 Å². The van der Waals surface area contributed by atoms with Crippen molar-refractivity contribution in [3.63, 3.8) is 0 Å². The van der Waals surface area contributed by atoms with Gasteiger partial charge in [0.05, 0.1) is 6.07 Å². The third kappa shape index (κ3) is 2.52. The predicted octanol–water partition coefficient (Wildman–Crippen LogP) is 2.99. The Hall–Kier alpha value is -1.07. The zero-order valence-electron chi connectivity index (χ0n) is 6.50. The van der Waals surface area contributed by atoms with E-state index in [1.54, 1.807) is 0 Å². The fraction of sp³-hybridized carbons (Fsp3) is 0.100. The highest BCUT2D eigenvalue weighted by Gasteiger charge is 1.91. The van der Waals surface area contributed by atoms with Gasteiger partial charge in [-0.05, 0) is 11.6 Å². The molecule has 0 saturated carbocycles. The van der Waals surface area contributed by atoms with Crippen molar-refractivity contribution in [3.8, 4) is 6.07 Å². The van der Waals surface area contributed by atoms with Gasteiger partial charge in [-0.25, -0.2) is 0 Å². The minimum atomic E-state index is 0.610. The van der Waals surface area contributed by atoms with Gasteiger partial charge in [0.2, 0.25) is 0 Å². The molecule has 1 aromatic rings. The zero-order chi connectivity index (χ0) is 8.81. The van der Waals surface area contributed by atoms with Crippen LogP contribution in [0.4, 0.5) is 0 Å². The third-order valence-corrected chi connectivity index (χ3v) is 2.03. The molecule has 0 unspecified atom stereocenters. The van der Waals surface area contributed by atoms with Crippen LogP contribution < -0.4 is 0 Å². The van der Waals surface area contributed by atoms with Gasteiger partial charge in [0.1, 0.15) is 0 Å². The average molecular weight is 222 g/mol. The second-order valence-corrected chi connectivity index (χ2v) is 2.89. The Kier molecular flexibility index (Phi) is 3.56. The van der Waals surface area contributed by atoms with E-state index in [9.17, 15) is 0 Å². The van der Waals surface area contributed by atoms with Gasteiger partial charge in [-0.2, -0.15) is 5.26 Å². The first kappa shape index (κ1) is 9.02. The first-order valence-corrected chi connectivity index (χ1v) is 4.70. The quantitative estimate of drug-likeness (QED) is 0.557. The Labute approximate surface area is 80.5 Å². The van der Waals surface area contributed by atoms with Crippen LogP contribution in [0.3, 0.4) is 0 Å². The second-order valence-electron chi connectivity index (χ2n) is 2.33. The minimum Gasteiger partial charge on any atom is -0.193 e. The number of halogens is 1. The molecule has 0 heterocycles. The molecule has 1 rings (SSSR count). The van der Waals surface area contributed by atoms with E-state index >= 15 is 0 Å². The van der Waals surface area contributed by atoms with E-state index < -0.39 is 0 Å². The summed E-state index contributed by atoms with van der Waals surface area (Å²) in [4.78, 5) is 0. The van der Waals surface area contributed by atoms with Crippen molar-refractivity contribution in [2.75, 3.05) is 5.33 Å². The summed E-state index contributed by atoms with van der Waals surface area (Å²) in [6.45, 7) is 0. The Morgan fingerprint density at radius 3 is 2.58 bits per heavy atom. The van der Waals surface area contributed by atoms with Gasteiger partial charge in [-0.3, -0.25) is 0 Å². The molecule has 0 radical (unpaired) electrons. The van der Waals surface area contributed by atoms with Gasteiger partial charge in [0.25, 0.3) is 0 Å². The van der Waals surface area contributed by atoms with Crippen LogP contribution in [0.25, 0.3) is 6.08 Å². The van der Waals surface area contributed by atoms with E-state index in [2.05, 4.69) is 22.0 Å². The number of rotatable bonds is 2. The maximum absolute atomic E-state index is 8.64. The fourth-order valence-electron chi connectivity index (χ4n) is 0.851. The van der Waals surface area contributed by atoms with E-state index in [-0.39, 0.29) is 0 Å². The summed E-state index contributed by atoms with van der Waals surface area (Å²) in [5.41, 5.74) is 1.80. The van der Waals surface area contributed by atoms with E-state index in [4.69, 9.17) is 5.26 Å². The Balaban J connectivity index is 2.88. The summed E-state index contributed by atoms with van der Waals surface area (Å²) in [7, 11) is 0. The molecule has 0 aromatic heterocycles. The molecule has 1 aromatic carbocycles. The first-order valence-electron chi connectivity index (χ1n) is 3.58. The van der Waals surface area contributed by atoms with Crippen molar-refractivity contribution in [2.45, 2.75) is 0 Å². The largest absolute Gasteiger partial charge is 0.193 e. The van der Waals surface area contributed by atoms with Crippen molar-refractivity contribution in [1.82, 2.24) is 0 Å². The van der Waals surface area contributed by atoms with Crippen molar-refractivity contribution in [1.29, 1.82) is 5.26 Å². The van der Waals surface area contributed by atoms with Crippen LogP contribution in [0.15, 0.2) is 35.9 Å². The predicted molar refractivity (Wildman–Crippen MR) is 53.8 cm³/mol. The molecular weight excluding hydrogens is 214 g/mol. The van der Waals surface area contributed by atoms with E-state index in [0.29, 0.717) is 5.33 Å². The minimum absolute atomic E-state index is 0.610. The topological polar surface area (TPSA) is 23.8 Å². The molecule has 0 saturated heterocycles. The summed E-state index contributed by atoms with van der Waals surface area (Å²) < 4.78 is 0. The van der Waals surface area contributed by atoms with Crippen LogP contribution in [0.2, 0.25) is 0 Å². The monoisotopic (exact) mass is 221 g/mol. The van der Waals surface area contributed by atoms with E-state index in [1.807, 2.05) is 36.4 Å². The van der Waals surface area contributed by atoms with Crippen LogP contribution in [0, 0.1) is 11.3 Å². The highest BCUT2D eigenvalue weighted by molar-refractivity contribution is 9.09. The lowest BCUT2D eigenvalue weighted by molar-refractivity contribution is 1.47. The lowest BCUT2D eigenvalue weighted by Crippen LogP contribution is -1.78. The summed E-state index contributed by atoms with van der Waals surface area (Å²) in [6.07, 6.45) is 1.87. The molecular formula is C10H8BrN. The van der Waals surface area contributed by atoms with E-state index in [0.717, 1.165) is 11.1 Å². The van der Waals surface area contributed by atoms with Crippen LogP contribution >= 0.6 is 15.9 Å². The van der Waals surface area contributed by atoms with Crippen LogP contribution in [0.1, 0.15) is 5.56 Å². The average Bonchev–Trinajstić information content (AvgIpc) is 2.16. The lowest BCUT2D eigenvalue weighted by atomic mass is 10.1. The third-order valence-electron chi connectivity index (χ3n) is 1.43. The standard InChI is InChI=1S/C10H8BrN/c11-7-10(8-12)6-9-4-2-1-3-5-9/h1-6H,7H2. The SMILES string of the molecule is N#CC(=Cc1ccccc1)CBr.